The van der Waals surface area contributed by atoms with Crippen LogP contribution in [0.2, 0.25) is 0 Å². The number of hydrogen-bond donors (Lipinski definition) is 4. The van der Waals surface area contributed by atoms with Gasteiger partial charge in [-0.3, -0.25) is 14.4 Å². The van der Waals surface area contributed by atoms with Gasteiger partial charge in [0.05, 0.1) is 24.2 Å². The van der Waals surface area contributed by atoms with Gasteiger partial charge in [0.25, 0.3) is 0 Å². The Kier molecular flexibility index (Phi) is 14.1. The third-order valence-corrected chi connectivity index (χ3v) is 8.41. The number of nitriles is 1. The van der Waals surface area contributed by atoms with Crippen molar-refractivity contribution < 1.29 is 28.7 Å². The van der Waals surface area contributed by atoms with Crippen LogP contribution in [0.5, 0.6) is 0 Å². The molecule has 1 saturated heterocycles. The van der Waals surface area contributed by atoms with Crippen molar-refractivity contribution in [2.75, 3.05) is 6.54 Å². The van der Waals surface area contributed by atoms with Gasteiger partial charge < -0.3 is 30.7 Å². The molecule has 1 heterocycles. The molecule has 1 aromatic rings. The van der Waals surface area contributed by atoms with Crippen LogP contribution in [0.1, 0.15) is 97.5 Å². The maximum atomic E-state index is 13.8. The highest BCUT2D eigenvalue weighted by Gasteiger charge is 2.35. The third kappa shape index (κ3) is 12.7. The van der Waals surface area contributed by atoms with Gasteiger partial charge in [-0.1, -0.05) is 62.4 Å². The Morgan fingerprint density at radius 2 is 1.73 bits per heavy atom. The van der Waals surface area contributed by atoms with Crippen molar-refractivity contribution in [3.8, 4) is 6.07 Å². The number of carbonyl (C=O) groups excluding carboxylic acids is 4. The lowest BCUT2D eigenvalue weighted by Crippen LogP contribution is -2.59. The molecule has 2 aliphatic rings. The molecular weight excluding hydrogens is 574 g/mol. The Hall–Kier alpha value is -3.65. The Morgan fingerprint density at radius 3 is 2.36 bits per heavy atom. The summed E-state index contributed by atoms with van der Waals surface area (Å²) in [5.41, 5.74) is 0.191. The molecule has 4 amide bonds. The van der Waals surface area contributed by atoms with Gasteiger partial charge in [0.2, 0.25) is 17.7 Å². The van der Waals surface area contributed by atoms with Gasteiger partial charge in [0, 0.05) is 18.5 Å². The predicted octanol–water partition coefficient (Wildman–Crippen LogP) is 4.25. The van der Waals surface area contributed by atoms with E-state index in [1.807, 2.05) is 51.1 Å². The van der Waals surface area contributed by atoms with Crippen LogP contribution in [0.15, 0.2) is 30.3 Å². The molecular formula is C34H51N5O6. The van der Waals surface area contributed by atoms with Crippen LogP contribution in [-0.2, 0) is 30.5 Å². The minimum Gasteiger partial charge on any atom is -0.445 e. The Labute approximate surface area is 267 Å². The second-order valence-electron chi connectivity index (χ2n) is 13.3. The highest BCUT2D eigenvalue weighted by Crippen LogP contribution is 2.28. The summed E-state index contributed by atoms with van der Waals surface area (Å²) < 4.78 is 11.4. The molecule has 45 heavy (non-hydrogen) atoms. The lowest BCUT2D eigenvalue weighted by atomic mass is 9.85. The largest absolute Gasteiger partial charge is 0.445 e. The van der Waals surface area contributed by atoms with Crippen LogP contribution in [0.25, 0.3) is 0 Å². The number of benzene rings is 1. The molecule has 3 rings (SSSR count). The normalized spacial score (nSPS) is 19.7. The summed E-state index contributed by atoms with van der Waals surface area (Å²) >= 11 is 0. The molecule has 248 valence electrons. The predicted molar refractivity (Wildman–Crippen MR) is 169 cm³/mol. The lowest BCUT2D eigenvalue weighted by molar-refractivity contribution is -0.135. The SMILES string of the molecule is C[C@@H](OC(C)(C)C)[C@H](NC(=O)OCc1ccccc1)C(=O)N[C@@H](CCC1CCCCC1)C(=O)N[C@H](CC#N)C[C@@H]1CCNC1=O. The second kappa shape index (κ2) is 17.7. The summed E-state index contributed by atoms with van der Waals surface area (Å²) in [6.45, 7) is 7.86. The third-order valence-electron chi connectivity index (χ3n) is 8.41. The maximum absolute atomic E-state index is 13.8. The van der Waals surface area contributed by atoms with E-state index in [-0.39, 0.29) is 24.9 Å². The first-order valence-electron chi connectivity index (χ1n) is 16.4. The van der Waals surface area contributed by atoms with E-state index in [1.54, 1.807) is 6.92 Å². The molecule has 1 aliphatic heterocycles. The number of rotatable bonds is 15. The van der Waals surface area contributed by atoms with E-state index in [1.165, 1.54) is 6.42 Å². The lowest BCUT2D eigenvalue weighted by Gasteiger charge is -2.32. The molecule has 1 saturated carbocycles. The number of carbonyl (C=O) groups is 4. The van der Waals surface area contributed by atoms with E-state index in [2.05, 4.69) is 27.3 Å². The first-order chi connectivity index (χ1) is 21.4. The molecule has 1 aromatic carbocycles. The molecule has 4 N–H and O–H groups in total. The highest BCUT2D eigenvalue weighted by molar-refractivity contribution is 5.91. The maximum Gasteiger partial charge on any atom is 0.408 e. The van der Waals surface area contributed by atoms with Crippen molar-refractivity contribution in [3.05, 3.63) is 35.9 Å². The van der Waals surface area contributed by atoms with Crippen molar-refractivity contribution in [3.63, 3.8) is 0 Å². The Morgan fingerprint density at radius 1 is 1.02 bits per heavy atom. The molecule has 11 nitrogen and oxygen atoms in total. The van der Waals surface area contributed by atoms with E-state index >= 15 is 0 Å². The molecule has 5 atom stereocenters. The van der Waals surface area contributed by atoms with Crippen molar-refractivity contribution in [1.29, 1.82) is 5.26 Å². The van der Waals surface area contributed by atoms with Gasteiger partial charge >= 0.3 is 6.09 Å². The zero-order chi connectivity index (χ0) is 32.8. The molecule has 2 fully saturated rings. The van der Waals surface area contributed by atoms with Gasteiger partial charge in [-0.2, -0.15) is 5.26 Å². The monoisotopic (exact) mass is 625 g/mol. The molecule has 0 spiro atoms. The van der Waals surface area contributed by atoms with Crippen molar-refractivity contribution in [1.82, 2.24) is 21.3 Å². The average molecular weight is 626 g/mol. The molecule has 0 radical (unpaired) electrons. The van der Waals surface area contributed by atoms with Crippen LogP contribution in [-0.4, -0.2) is 60.2 Å². The first-order valence-corrected chi connectivity index (χ1v) is 16.4. The van der Waals surface area contributed by atoms with Gasteiger partial charge in [-0.15, -0.1) is 0 Å². The number of hydrogen-bond acceptors (Lipinski definition) is 7. The van der Waals surface area contributed by atoms with E-state index in [9.17, 15) is 24.4 Å². The zero-order valence-corrected chi connectivity index (χ0v) is 27.2. The number of nitrogens with one attached hydrogen (secondary N) is 4. The summed E-state index contributed by atoms with van der Waals surface area (Å²) in [5, 5.41) is 20.7. The fourth-order valence-corrected chi connectivity index (χ4v) is 6.14. The van der Waals surface area contributed by atoms with Gasteiger partial charge in [0.15, 0.2) is 0 Å². The quantitative estimate of drug-likeness (QED) is 0.227. The van der Waals surface area contributed by atoms with Crippen LogP contribution in [0, 0.1) is 23.2 Å². The standard InChI is InChI=1S/C34H51N5O6/c1-23(45-34(2,3)4)29(39-33(43)44-22-25-13-9-6-10-14-25)32(42)38-28(16-15-24-11-7-5-8-12-24)31(41)37-27(17-19-35)21-26-18-20-36-30(26)40/h6,9-10,13-14,23-24,26-29H,5,7-8,11-12,15-18,20-22H2,1-4H3,(H,36,40)(H,37,41)(H,38,42)(H,39,43)/t23-,26+,27-,28+,29+/m1/s1. The molecule has 0 bridgehead atoms. The van der Waals surface area contributed by atoms with Crippen molar-refractivity contribution in [2.45, 2.75) is 128 Å². The number of amides is 4. The minimum absolute atomic E-state index is 0.0290. The molecule has 11 heteroatoms. The van der Waals surface area contributed by atoms with E-state index in [4.69, 9.17) is 9.47 Å². The minimum atomic E-state index is -1.14. The number of ether oxygens (including phenoxy) is 2. The van der Waals surface area contributed by atoms with Gasteiger partial charge in [0.1, 0.15) is 18.7 Å². The van der Waals surface area contributed by atoms with Gasteiger partial charge in [-0.25, -0.2) is 4.79 Å². The van der Waals surface area contributed by atoms with Crippen LogP contribution < -0.4 is 21.3 Å². The Balaban J connectivity index is 1.74. The van der Waals surface area contributed by atoms with Gasteiger partial charge in [-0.05, 0) is 64.9 Å². The number of nitrogens with zero attached hydrogens (tertiary/aromatic N) is 1. The fourth-order valence-electron chi connectivity index (χ4n) is 6.14. The summed E-state index contributed by atoms with van der Waals surface area (Å²) in [4.78, 5) is 52.6. The first kappa shape index (κ1) is 35.8. The van der Waals surface area contributed by atoms with Crippen molar-refractivity contribution >= 4 is 23.8 Å². The fraction of sp³-hybridized carbons (Fsp3) is 0.676. The van der Waals surface area contributed by atoms with E-state index in [0.29, 0.717) is 31.7 Å². The summed E-state index contributed by atoms with van der Waals surface area (Å²) in [6.07, 6.45) is 6.38. The van der Waals surface area contributed by atoms with E-state index < -0.39 is 47.7 Å². The molecule has 0 unspecified atom stereocenters. The van der Waals surface area contributed by atoms with Crippen LogP contribution >= 0.6 is 0 Å². The Bertz CT molecular complexity index is 1160. The molecule has 1 aliphatic carbocycles. The average Bonchev–Trinajstić information content (AvgIpc) is 3.40. The summed E-state index contributed by atoms with van der Waals surface area (Å²) in [5.74, 6) is -0.861. The highest BCUT2D eigenvalue weighted by atomic mass is 16.6. The van der Waals surface area contributed by atoms with Crippen LogP contribution in [0.4, 0.5) is 4.79 Å². The van der Waals surface area contributed by atoms with Crippen LogP contribution in [0.3, 0.4) is 0 Å². The second-order valence-corrected chi connectivity index (χ2v) is 13.3. The molecule has 0 aromatic heterocycles. The summed E-state index contributed by atoms with van der Waals surface area (Å²) in [6, 6.07) is 8.75. The topological polar surface area (TPSA) is 159 Å². The van der Waals surface area contributed by atoms with Crippen molar-refractivity contribution in [2.24, 2.45) is 11.8 Å². The zero-order valence-electron chi connectivity index (χ0n) is 27.2. The van der Waals surface area contributed by atoms with E-state index in [0.717, 1.165) is 37.7 Å². The number of alkyl carbamates (subject to hydrolysis) is 1. The summed E-state index contributed by atoms with van der Waals surface area (Å²) in [7, 11) is 0. The smallest absolute Gasteiger partial charge is 0.408 e.